The zero-order valence-corrected chi connectivity index (χ0v) is 13.2. The standard InChI is InChI=1S/C19H22N2O2/c22-19(18-9-3-6-14-5-1-2-8-17(14)18)20-11-16-12-21-10-4-7-15(21)13-23-16/h1-3,5-6,8-9,15-16H,4,7,10-13H2,(H,20,22). The molecule has 0 aromatic heterocycles. The van der Waals surface area contributed by atoms with Gasteiger partial charge >= 0.3 is 0 Å². The third-order valence-electron chi connectivity index (χ3n) is 4.99. The van der Waals surface area contributed by atoms with Crippen molar-refractivity contribution in [3.05, 3.63) is 48.0 Å². The number of nitrogens with one attached hydrogen (secondary N) is 1. The molecular weight excluding hydrogens is 288 g/mol. The number of ether oxygens (including phenoxy) is 1. The number of hydrogen-bond donors (Lipinski definition) is 1. The van der Waals surface area contributed by atoms with Gasteiger partial charge in [-0.25, -0.2) is 0 Å². The fourth-order valence-electron chi connectivity index (χ4n) is 3.73. The molecule has 4 nitrogen and oxygen atoms in total. The van der Waals surface area contributed by atoms with Crippen molar-refractivity contribution in [3.8, 4) is 0 Å². The van der Waals surface area contributed by atoms with Gasteiger partial charge in [0.15, 0.2) is 0 Å². The number of nitrogens with zero attached hydrogens (tertiary/aromatic N) is 1. The molecule has 4 rings (SSSR count). The van der Waals surface area contributed by atoms with E-state index in [1.54, 1.807) is 0 Å². The molecule has 2 saturated heterocycles. The van der Waals surface area contributed by atoms with Crippen molar-refractivity contribution in [1.29, 1.82) is 0 Å². The summed E-state index contributed by atoms with van der Waals surface area (Å²) < 4.78 is 5.91. The molecule has 2 aliphatic rings. The molecule has 1 amide bonds. The molecule has 23 heavy (non-hydrogen) atoms. The van der Waals surface area contributed by atoms with E-state index in [4.69, 9.17) is 4.74 Å². The molecular formula is C19H22N2O2. The van der Waals surface area contributed by atoms with Crippen molar-refractivity contribution >= 4 is 16.7 Å². The minimum absolute atomic E-state index is 0.0195. The lowest BCUT2D eigenvalue weighted by Gasteiger charge is -2.35. The van der Waals surface area contributed by atoms with Crippen molar-refractivity contribution in [2.24, 2.45) is 0 Å². The lowest BCUT2D eigenvalue weighted by atomic mass is 10.0. The molecule has 2 aromatic rings. The van der Waals surface area contributed by atoms with Crippen LogP contribution in [0.2, 0.25) is 0 Å². The summed E-state index contributed by atoms with van der Waals surface area (Å²) in [7, 11) is 0. The average Bonchev–Trinajstić information content (AvgIpc) is 3.07. The van der Waals surface area contributed by atoms with Gasteiger partial charge < -0.3 is 10.1 Å². The highest BCUT2D eigenvalue weighted by molar-refractivity contribution is 6.06. The normalized spacial score (nSPS) is 24.5. The van der Waals surface area contributed by atoms with E-state index >= 15 is 0 Å². The first kappa shape index (κ1) is 14.7. The van der Waals surface area contributed by atoms with Crippen molar-refractivity contribution in [2.75, 3.05) is 26.2 Å². The lowest BCUT2D eigenvalue weighted by Crippen LogP contribution is -2.50. The van der Waals surface area contributed by atoms with Crippen LogP contribution in [0.5, 0.6) is 0 Å². The van der Waals surface area contributed by atoms with Crippen LogP contribution < -0.4 is 5.32 Å². The minimum atomic E-state index is -0.0195. The molecule has 4 heteroatoms. The van der Waals surface area contributed by atoms with Crippen LogP contribution in [0.1, 0.15) is 23.2 Å². The van der Waals surface area contributed by atoms with Gasteiger partial charge in [0.05, 0.1) is 12.7 Å². The summed E-state index contributed by atoms with van der Waals surface area (Å²) in [4.78, 5) is 15.0. The number of morpholine rings is 1. The van der Waals surface area contributed by atoms with Gasteiger partial charge in [0.2, 0.25) is 0 Å². The second kappa shape index (κ2) is 6.30. The van der Waals surface area contributed by atoms with Gasteiger partial charge in [-0.2, -0.15) is 0 Å². The molecule has 120 valence electrons. The van der Waals surface area contributed by atoms with Gasteiger partial charge in [-0.15, -0.1) is 0 Å². The maximum atomic E-state index is 12.5. The summed E-state index contributed by atoms with van der Waals surface area (Å²) >= 11 is 0. The first-order valence-corrected chi connectivity index (χ1v) is 8.43. The first-order valence-electron chi connectivity index (χ1n) is 8.43. The summed E-state index contributed by atoms with van der Waals surface area (Å²) in [5.41, 5.74) is 0.734. The summed E-state index contributed by atoms with van der Waals surface area (Å²) in [5, 5.41) is 5.14. The van der Waals surface area contributed by atoms with Crippen molar-refractivity contribution in [1.82, 2.24) is 10.2 Å². The fourth-order valence-corrected chi connectivity index (χ4v) is 3.73. The Hall–Kier alpha value is -1.91. The zero-order valence-electron chi connectivity index (χ0n) is 13.2. The number of amides is 1. The van der Waals surface area contributed by atoms with E-state index in [1.807, 2.05) is 42.5 Å². The Balaban J connectivity index is 1.41. The van der Waals surface area contributed by atoms with Gasteiger partial charge in [-0.05, 0) is 36.2 Å². The van der Waals surface area contributed by atoms with Gasteiger partial charge in [-0.3, -0.25) is 9.69 Å². The minimum Gasteiger partial charge on any atom is -0.373 e. The highest BCUT2D eigenvalue weighted by atomic mass is 16.5. The molecule has 0 saturated carbocycles. The van der Waals surface area contributed by atoms with Crippen molar-refractivity contribution in [2.45, 2.75) is 25.0 Å². The molecule has 2 aromatic carbocycles. The van der Waals surface area contributed by atoms with E-state index in [0.717, 1.165) is 29.5 Å². The number of benzene rings is 2. The summed E-state index contributed by atoms with van der Waals surface area (Å²) in [6.07, 6.45) is 2.61. The highest BCUT2D eigenvalue weighted by Crippen LogP contribution is 2.22. The molecule has 0 aliphatic carbocycles. The predicted octanol–water partition coefficient (Wildman–Crippen LogP) is 2.43. The van der Waals surface area contributed by atoms with E-state index in [-0.39, 0.29) is 12.0 Å². The molecule has 0 radical (unpaired) electrons. The third-order valence-corrected chi connectivity index (χ3v) is 4.99. The zero-order chi connectivity index (χ0) is 15.6. The van der Waals surface area contributed by atoms with Crippen molar-refractivity contribution < 1.29 is 9.53 Å². The highest BCUT2D eigenvalue weighted by Gasteiger charge is 2.32. The van der Waals surface area contributed by atoms with E-state index in [1.165, 1.54) is 19.4 Å². The summed E-state index contributed by atoms with van der Waals surface area (Å²) in [6, 6.07) is 14.4. The van der Waals surface area contributed by atoms with Crippen LogP contribution in [-0.2, 0) is 4.74 Å². The number of carbonyl (C=O) groups excluding carboxylic acids is 1. The Morgan fingerprint density at radius 3 is 3.04 bits per heavy atom. The Kier molecular flexibility index (Phi) is 4.02. The average molecular weight is 310 g/mol. The summed E-state index contributed by atoms with van der Waals surface area (Å²) in [5.74, 6) is -0.0195. The Bertz CT molecular complexity index is 710. The molecule has 2 heterocycles. The van der Waals surface area contributed by atoms with Crippen LogP contribution in [0.4, 0.5) is 0 Å². The van der Waals surface area contributed by atoms with Crippen LogP contribution in [0, 0.1) is 0 Å². The largest absolute Gasteiger partial charge is 0.373 e. The third kappa shape index (κ3) is 2.96. The maximum absolute atomic E-state index is 12.5. The second-order valence-corrected chi connectivity index (χ2v) is 6.48. The van der Waals surface area contributed by atoms with E-state index in [9.17, 15) is 4.79 Å². The molecule has 0 bridgehead atoms. The lowest BCUT2D eigenvalue weighted by molar-refractivity contribution is -0.0461. The first-order chi connectivity index (χ1) is 11.3. The Labute approximate surface area is 136 Å². The SMILES string of the molecule is O=C(NCC1CN2CCCC2CO1)c1cccc2ccccc12. The van der Waals surface area contributed by atoms with E-state index in [0.29, 0.717) is 12.6 Å². The second-order valence-electron chi connectivity index (χ2n) is 6.48. The monoisotopic (exact) mass is 310 g/mol. The number of rotatable bonds is 3. The van der Waals surface area contributed by atoms with Crippen LogP contribution in [0.25, 0.3) is 10.8 Å². The van der Waals surface area contributed by atoms with Gasteiger partial charge in [-0.1, -0.05) is 36.4 Å². The summed E-state index contributed by atoms with van der Waals surface area (Å²) in [6.45, 7) is 3.47. The Morgan fingerprint density at radius 1 is 1.22 bits per heavy atom. The maximum Gasteiger partial charge on any atom is 0.252 e. The number of carbonyl (C=O) groups is 1. The van der Waals surface area contributed by atoms with E-state index < -0.39 is 0 Å². The molecule has 2 aliphatic heterocycles. The topological polar surface area (TPSA) is 41.6 Å². The van der Waals surface area contributed by atoms with Crippen molar-refractivity contribution in [3.63, 3.8) is 0 Å². The molecule has 0 spiro atoms. The predicted molar refractivity (Wildman–Crippen MR) is 90.6 cm³/mol. The Morgan fingerprint density at radius 2 is 2.09 bits per heavy atom. The van der Waals surface area contributed by atoms with Crippen LogP contribution in [0.3, 0.4) is 0 Å². The number of hydrogen-bond acceptors (Lipinski definition) is 3. The molecule has 2 fully saturated rings. The van der Waals surface area contributed by atoms with Gasteiger partial charge in [0, 0.05) is 24.7 Å². The van der Waals surface area contributed by atoms with Crippen LogP contribution in [-0.4, -0.2) is 49.2 Å². The quantitative estimate of drug-likeness (QED) is 0.947. The van der Waals surface area contributed by atoms with Crippen LogP contribution in [0.15, 0.2) is 42.5 Å². The molecule has 2 atom stereocenters. The number of fused-ring (bicyclic) bond motifs is 2. The van der Waals surface area contributed by atoms with Crippen LogP contribution >= 0.6 is 0 Å². The smallest absolute Gasteiger partial charge is 0.252 e. The van der Waals surface area contributed by atoms with Gasteiger partial charge in [0.25, 0.3) is 5.91 Å². The molecule has 1 N–H and O–H groups in total. The fraction of sp³-hybridized carbons (Fsp3) is 0.421. The van der Waals surface area contributed by atoms with Gasteiger partial charge in [0.1, 0.15) is 0 Å². The molecule has 2 unspecified atom stereocenters. The van der Waals surface area contributed by atoms with E-state index in [2.05, 4.69) is 10.2 Å².